The zero-order chi connectivity index (χ0) is 8.01. The lowest BCUT2D eigenvalue weighted by Crippen LogP contribution is -3.26. The number of piperidine rings is 1. The van der Waals surface area contributed by atoms with E-state index >= 15 is 0 Å². The number of hydrogen-bond acceptors (Lipinski definition) is 3. The van der Waals surface area contributed by atoms with Crippen molar-refractivity contribution < 1.29 is 20.2 Å². The fraction of sp³-hybridized carbons (Fsp3) is 1.00. The zero-order valence-electron chi connectivity index (χ0n) is 6.27. The van der Waals surface area contributed by atoms with Crippen LogP contribution in [-0.4, -0.2) is 52.8 Å². The van der Waals surface area contributed by atoms with Crippen molar-refractivity contribution in [2.75, 3.05) is 13.1 Å². The first-order valence-corrected chi connectivity index (χ1v) is 4.09. The molecule has 1 unspecified atom stereocenters. The van der Waals surface area contributed by atoms with Crippen LogP contribution in [0.2, 0.25) is 0 Å². The van der Waals surface area contributed by atoms with Crippen LogP contribution in [0.15, 0.2) is 0 Å². The van der Waals surface area contributed by atoms with Crippen molar-refractivity contribution in [1.82, 2.24) is 0 Å². The second-order valence-corrected chi connectivity index (χ2v) is 3.56. The molecular weight excluding hydrogens is 146 g/mol. The standard InChI is InChI=1S/C7H13NO3/c9-5-3-8-2-1-4(8)6(10)7(5)11/h4-7,9-11H,1-3H2/p+1/t4-,5+,6+,7-/m1/s1. The maximum atomic E-state index is 9.41. The Bertz CT molecular complexity index is 158. The van der Waals surface area contributed by atoms with Gasteiger partial charge in [-0.2, -0.15) is 0 Å². The molecule has 0 radical (unpaired) electrons. The maximum Gasteiger partial charge on any atom is 0.134 e. The smallest absolute Gasteiger partial charge is 0.134 e. The van der Waals surface area contributed by atoms with E-state index in [9.17, 15) is 15.3 Å². The van der Waals surface area contributed by atoms with Crippen LogP contribution < -0.4 is 4.90 Å². The summed E-state index contributed by atoms with van der Waals surface area (Å²) in [4.78, 5) is 1.23. The van der Waals surface area contributed by atoms with Gasteiger partial charge in [0.1, 0.15) is 30.9 Å². The van der Waals surface area contributed by atoms with Gasteiger partial charge in [0.15, 0.2) is 0 Å². The number of aliphatic hydroxyl groups is 3. The van der Waals surface area contributed by atoms with E-state index in [4.69, 9.17) is 0 Å². The van der Waals surface area contributed by atoms with Gasteiger partial charge in [0.2, 0.25) is 0 Å². The van der Waals surface area contributed by atoms with E-state index in [1.54, 1.807) is 0 Å². The highest BCUT2D eigenvalue weighted by molar-refractivity contribution is 4.88. The minimum absolute atomic E-state index is 0.174. The molecule has 2 heterocycles. The molecule has 0 amide bonds. The summed E-state index contributed by atoms with van der Waals surface area (Å²) in [6, 6.07) is 0.174. The molecule has 5 atom stereocenters. The molecule has 4 N–H and O–H groups in total. The average Bonchev–Trinajstić information content (AvgIpc) is 1.93. The molecule has 4 nitrogen and oxygen atoms in total. The summed E-state index contributed by atoms with van der Waals surface area (Å²) in [5.74, 6) is 0. The minimum Gasteiger partial charge on any atom is -0.387 e. The summed E-state index contributed by atoms with van der Waals surface area (Å²) in [6.45, 7) is 1.61. The lowest BCUT2D eigenvalue weighted by molar-refractivity contribution is -0.980. The summed E-state index contributed by atoms with van der Waals surface area (Å²) >= 11 is 0. The molecule has 2 rings (SSSR count). The van der Waals surface area contributed by atoms with Crippen LogP contribution in [0.4, 0.5) is 0 Å². The van der Waals surface area contributed by atoms with Crippen molar-refractivity contribution in [3.05, 3.63) is 0 Å². The average molecular weight is 160 g/mol. The summed E-state index contributed by atoms with van der Waals surface area (Å²) in [7, 11) is 0. The topological polar surface area (TPSA) is 65.1 Å². The van der Waals surface area contributed by atoms with Crippen LogP contribution in [0.1, 0.15) is 6.42 Å². The molecule has 64 valence electrons. The first kappa shape index (κ1) is 7.49. The highest BCUT2D eigenvalue weighted by atomic mass is 16.4. The second-order valence-electron chi connectivity index (χ2n) is 3.56. The van der Waals surface area contributed by atoms with Gasteiger partial charge in [-0.3, -0.25) is 0 Å². The van der Waals surface area contributed by atoms with E-state index in [2.05, 4.69) is 0 Å². The Hall–Kier alpha value is -0.160. The van der Waals surface area contributed by atoms with Crippen molar-refractivity contribution in [2.24, 2.45) is 0 Å². The number of aliphatic hydroxyl groups excluding tert-OH is 3. The fourth-order valence-electron chi connectivity index (χ4n) is 2.04. The molecule has 0 aromatic rings. The number of hydrogen-bond donors (Lipinski definition) is 4. The van der Waals surface area contributed by atoms with E-state index in [-0.39, 0.29) is 6.04 Å². The van der Waals surface area contributed by atoms with E-state index < -0.39 is 18.3 Å². The second kappa shape index (κ2) is 2.42. The monoisotopic (exact) mass is 160 g/mol. The molecule has 0 spiro atoms. The SMILES string of the molecule is O[C@@H]1[C@H](O)[C@@H](O)C[NH+]2CC[C@H]12. The van der Waals surface area contributed by atoms with E-state index in [0.29, 0.717) is 6.54 Å². The maximum absolute atomic E-state index is 9.41. The van der Waals surface area contributed by atoms with Crippen molar-refractivity contribution in [3.63, 3.8) is 0 Å². The van der Waals surface area contributed by atoms with Crippen molar-refractivity contribution in [1.29, 1.82) is 0 Å². The largest absolute Gasteiger partial charge is 0.387 e. The molecule has 2 fully saturated rings. The van der Waals surface area contributed by atoms with Crippen LogP contribution in [0.5, 0.6) is 0 Å². The highest BCUT2D eigenvalue weighted by Gasteiger charge is 2.49. The van der Waals surface area contributed by atoms with Crippen LogP contribution in [-0.2, 0) is 0 Å². The Labute approximate surface area is 65.1 Å². The van der Waals surface area contributed by atoms with Gasteiger partial charge in [0.05, 0.1) is 13.0 Å². The van der Waals surface area contributed by atoms with Crippen LogP contribution in [0, 0.1) is 0 Å². The molecule has 11 heavy (non-hydrogen) atoms. The van der Waals surface area contributed by atoms with E-state index in [0.717, 1.165) is 13.0 Å². The normalized spacial score (nSPS) is 56.5. The van der Waals surface area contributed by atoms with E-state index in [1.807, 2.05) is 0 Å². The van der Waals surface area contributed by atoms with Crippen molar-refractivity contribution >= 4 is 0 Å². The Balaban J connectivity index is 2.06. The number of rotatable bonds is 0. The fourth-order valence-corrected chi connectivity index (χ4v) is 2.04. The predicted octanol–water partition coefficient (Wildman–Crippen LogP) is -3.26. The third kappa shape index (κ3) is 0.980. The Morgan fingerprint density at radius 3 is 2.36 bits per heavy atom. The number of quaternary nitrogens is 1. The summed E-state index contributed by atoms with van der Waals surface area (Å²) in [5, 5.41) is 27.9. The molecule has 0 bridgehead atoms. The van der Waals surface area contributed by atoms with Gasteiger partial charge < -0.3 is 20.2 Å². The quantitative estimate of drug-likeness (QED) is 0.301. The van der Waals surface area contributed by atoms with E-state index in [1.165, 1.54) is 4.90 Å². The molecule has 2 saturated heterocycles. The van der Waals surface area contributed by atoms with Gasteiger partial charge in [-0.05, 0) is 0 Å². The molecule has 0 aliphatic carbocycles. The van der Waals surface area contributed by atoms with Crippen LogP contribution >= 0.6 is 0 Å². The molecule has 2 aliphatic rings. The predicted molar refractivity (Wildman–Crippen MR) is 37.1 cm³/mol. The van der Waals surface area contributed by atoms with Gasteiger partial charge in [-0.25, -0.2) is 0 Å². The van der Waals surface area contributed by atoms with Gasteiger partial charge in [0, 0.05) is 0 Å². The zero-order valence-corrected chi connectivity index (χ0v) is 6.27. The minimum atomic E-state index is -0.927. The van der Waals surface area contributed by atoms with Gasteiger partial charge in [-0.1, -0.05) is 0 Å². The van der Waals surface area contributed by atoms with Gasteiger partial charge in [0.25, 0.3) is 0 Å². The molecular formula is C7H14NO3+. The summed E-state index contributed by atoms with van der Waals surface area (Å²) in [5.41, 5.74) is 0. The lowest BCUT2D eigenvalue weighted by atomic mass is 9.86. The van der Waals surface area contributed by atoms with Crippen molar-refractivity contribution in [2.45, 2.75) is 30.8 Å². The summed E-state index contributed by atoms with van der Waals surface area (Å²) < 4.78 is 0. The number of nitrogens with one attached hydrogen (secondary N) is 1. The molecule has 2 aliphatic heterocycles. The molecule has 0 saturated carbocycles. The third-order valence-corrected chi connectivity index (χ3v) is 2.93. The first-order valence-electron chi connectivity index (χ1n) is 4.09. The highest BCUT2D eigenvalue weighted by Crippen LogP contribution is 2.13. The molecule has 4 heteroatoms. The Morgan fingerprint density at radius 1 is 1.09 bits per heavy atom. The Kier molecular flexibility index (Phi) is 1.64. The van der Waals surface area contributed by atoms with Gasteiger partial charge >= 0.3 is 0 Å². The van der Waals surface area contributed by atoms with Crippen LogP contribution in [0.3, 0.4) is 0 Å². The summed E-state index contributed by atoms with van der Waals surface area (Å²) in [6.07, 6.45) is -1.41. The van der Waals surface area contributed by atoms with Crippen LogP contribution in [0.25, 0.3) is 0 Å². The number of fused-ring (bicyclic) bond motifs is 1. The molecule has 0 aromatic carbocycles. The molecule has 0 aromatic heterocycles. The Morgan fingerprint density at radius 2 is 1.82 bits per heavy atom. The van der Waals surface area contributed by atoms with Gasteiger partial charge in [-0.15, -0.1) is 0 Å². The lowest BCUT2D eigenvalue weighted by Gasteiger charge is -2.47. The van der Waals surface area contributed by atoms with Crippen molar-refractivity contribution in [3.8, 4) is 0 Å². The first-order chi connectivity index (χ1) is 5.20. The third-order valence-electron chi connectivity index (χ3n) is 2.93.